The van der Waals surface area contributed by atoms with Crippen molar-refractivity contribution in [2.45, 2.75) is 65.1 Å². The number of aromatic nitrogens is 1. The molecule has 3 rings (SSSR count). The van der Waals surface area contributed by atoms with Crippen molar-refractivity contribution in [3.05, 3.63) is 16.1 Å². The maximum Gasteiger partial charge on any atom is 0.191 e. The van der Waals surface area contributed by atoms with Gasteiger partial charge in [0.15, 0.2) is 5.96 Å². The Balaban J connectivity index is 1.57. The molecule has 2 heterocycles. The van der Waals surface area contributed by atoms with Gasteiger partial charge in [0.05, 0.1) is 18.3 Å². The van der Waals surface area contributed by atoms with Gasteiger partial charge >= 0.3 is 0 Å². The number of nitrogens with zero attached hydrogens (tertiary/aromatic N) is 2. The number of guanidine groups is 1. The first-order chi connectivity index (χ1) is 11.2. The van der Waals surface area contributed by atoms with Crippen LogP contribution in [0.3, 0.4) is 0 Å². The highest BCUT2D eigenvalue weighted by Gasteiger charge is 2.59. The molecule has 3 atom stereocenters. The monoisotopic (exact) mass is 350 g/mol. The maximum absolute atomic E-state index is 5.87. The summed E-state index contributed by atoms with van der Waals surface area (Å²) in [5.41, 5.74) is 1.40. The molecule has 3 unspecified atom stereocenters. The van der Waals surface area contributed by atoms with Gasteiger partial charge < -0.3 is 15.4 Å². The third kappa shape index (κ3) is 3.18. The van der Waals surface area contributed by atoms with Gasteiger partial charge in [-0.1, -0.05) is 34.6 Å². The molecule has 1 saturated heterocycles. The number of fused-ring (bicyclic) bond motifs is 1. The molecule has 6 heteroatoms. The van der Waals surface area contributed by atoms with Crippen LogP contribution in [0.25, 0.3) is 0 Å². The lowest BCUT2D eigenvalue weighted by Gasteiger charge is -2.54. The Morgan fingerprint density at radius 3 is 2.83 bits per heavy atom. The number of aliphatic imine (C=N–C) groups is 1. The van der Waals surface area contributed by atoms with Crippen molar-refractivity contribution in [3.63, 3.8) is 0 Å². The Morgan fingerprint density at radius 1 is 1.46 bits per heavy atom. The van der Waals surface area contributed by atoms with Crippen LogP contribution in [0.4, 0.5) is 0 Å². The molecule has 0 amide bonds. The molecule has 0 radical (unpaired) electrons. The lowest BCUT2D eigenvalue weighted by atomic mass is 9.57. The van der Waals surface area contributed by atoms with Gasteiger partial charge in [0, 0.05) is 41.8 Å². The SMILES string of the molecule is CN=C(NCc1nc(C(C)(C)C)cs1)NC1C2CCOC2C1(C)C. The number of ether oxygens (including phenoxy) is 1. The van der Waals surface area contributed by atoms with Gasteiger partial charge in [0.2, 0.25) is 0 Å². The summed E-state index contributed by atoms with van der Waals surface area (Å²) in [6.07, 6.45) is 1.53. The van der Waals surface area contributed by atoms with E-state index in [-0.39, 0.29) is 10.8 Å². The standard InChI is InChI=1S/C18H30N4OS/c1-17(2,3)12-10-24-13(21-12)9-20-16(19-6)22-14-11-7-8-23-15(11)18(14,4)5/h10-11,14-15H,7-9H2,1-6H3,(H2,19,20,22). The lowest BCUT2D eigenvalue weighted by Crippen LogP contribution is -2.67. The molecule has 1 aliphatic carbocycles. The van der Waals surface area contributed by atoms with Crippen LogP contribution < -0.4 is 10.6 Å². The van der Waals surface area contributed by atoms with Crippen LogP contribution in [-0.2, 0) is 16.7 Å². The fourth-order valence-electron chi connectivity index (χ4n) is 3.86. The Bertz CT molecular complexity index is 617. The van der Waals surface area contributed by atoms with Crippen LogP contribution in [0.1, 0.15) is 51.7 Å². The average molecular weight is 351 g/mol. The van der Waals surface area contributed by atoms with E-state index in [2.05, 4.69) is 55.6 Å². The molecule has 0 bridgehead atoms. The molecule has 0 aromatic carbocycles. The Hall–Kier alpha value is -1.14. The average Bonchev–Trinajstić information content (AvgIpc) is 3.14. The minimum atomic E-state index is 0.0993. The molecule has 2 fully saturated rings. The molecular weight excluding hydrogens is 320 g/mol. The smallest absolute Gasteiger partial charge is 0.191 e. The Labute approximate surface area is 149 Å². The summed E-state index contributed by atoms with van der Waals surface area (Å²) in [6, 6.07) is 0.414. The molecule has 1 aromatic rings. The number of nitrogens with one attached hydrogen (secondary N) is 2. The van der Waals surface area contributed by atoms with Crippen LogP contribution in [0.2, 0.25) is 0 Å². The van der Waals surface area contributed by atoms with Crippen LogP contribution in [0.5, 0.6) is 0 Å². The molecule has 2 N–H and O–H groups in total. The van der Waals surface area contributed by atoms with Crippen molar-refractivity contribution in [1.29, 1.82) is 0 Å². The molecule has 0 spiro atoms. The van der Waals surface area contributed by atoms with Gasteiger partial charge in [-0.05, 0) is 6.42 Å². The van der Waals surface area contributed by atoms with E-state index in [4.69, 9.17) is 9.72 Å². The minimum absolute atomic E-state index is 0.0993. The van der Waals surface area contributed by atoms with Crippen LogP contribution in [0.15, 0.2) is 10.4 Å². The first kappa shape index (κ1) is 17.7. The van der Waals surface area contributed by atoms with E-state index < -0.39 is 0 Å². The third-order valence-corrected chi connectivity index (χ3v) is 6.19. The molecule has 134 valence electrons. The summed E-state index contributed by atoms with van der Waals surface area (Å²) in [6.45, 7) is 12.7. The first-order valence-corrected chi connectivity index (χ1v) is 9.65. The number of hydrogen-bond acceptors (Lipinski definition) is 4. The minimum Gasteiger partial charge on any atom is -0.377 e. The zero-order chi connectivity index (χ0) is 17.5. The molecule has 1 aromatic heterocycles. The van der Waals surface area contributed by atoms with E-state index in [0.29, 0.717) is 24.6 Å². The van der Waals surface area contributed by atoms with E-state index in [0.717, 1.165) is 29.7 Å². The van der Waals surface area contributed by atoms with Crippen molar-refractivity contribution in [2.75, 3.05) is 13.7 Å². The molecule has 2 aliphatic rings. The van der Waals surface area contributed by atoms with Gasteiger partial charge in [-0.15, -0.1) is 11.3 Å². The lowest BCUT2D eigenvalue weighted by molar-refractivity contribution is -0.106. The van der Waals surface area contributed by atoms with Crippen molar-refractivity contribution in [2.24, 2.45) is 16.3 Å². The third-order valence-electron chi connectivity index (χ3n) is 5.34. The van der Waals surface area contributed by atoms with Crippen LogP contribution in [-0.4, -0.2) is 36.7 Å². The van der Waals surface area contributed by atoms with Gasteiger partial charge in [0.25, 0.3) is 0 Å². The van der Waals surface area contributed by atoms with Gasteiger partial charge in [-0.2, -0.15) is 0 Å². The summed E-state index contributed by atoms with van der Waals surface area (Å²) >= 11 is 1.71. The van der Waals surface area contributed by atoms with Gasteiger partial charge in [-0.3, -0.25) is 4.99 Å². The van der Waals surface area contributed by atoms with Crippen molar-refractivity contribution in [3.8, 4) is 0 Å². The fraction of sp³-hybridized carbons (Fsp3) is 0.778. The summed E-state index contributed by atoms with van der Waals surface area (Å²) in [4.78, 5) is 9.13. The summed E-state index contributed by atoms with van der Waals surface area (Å²) in [5, 5.41) is 10.3. The predicted octanol–water partition coefficient (Wildman–Crippen LogP) is 2.92. The van der Waals surface area contributed by atoms with E-state index >= 15 is 0 Å². The number of rotatable bonds is 3. The second-order valence-corrected chi connectivity index (χ2v) is 9.43. The predicted molar refractivity (Wildman–Crippen MR) is 99.6 cm³/mol. The zero-order valence-corrected chi connectivity index (χ0v) is 16.5. The normalized spacial score (nSPS) is 29.1. The van der Waals surface area contributed by atoms with Crippen molar-refractivity contribution >= 4 is 17.3 Å². The Kier molecular flexibility index (Phi) is 4.64. The highest BCUT2D eigenvalue weighted by molar-refractivity contribution is 7.09. The number of thiazole rings is 1. The summed E-state index contributed by atoms with van der Waals surface area (Å²) in [7, 11) is 1.83. The highest BCUT2D eigenvalue weighted by atomic mass is 32.1. The number of hydrogen-bond donors (Lipinski definition) is 2. The van der Waals surface area contributed by atoms with E-state index in [9.17, 15) is 0 Å². The highest BCUT2D eigenvalue weighted by Crippen LogP contribution is 2.52. The fourth-order valence-corrected chi connectivity index (χ4v) is 4.82. The van der Waals surface area contributed by atoms with Gasteiger partial charge in [-0.25, -0.2) is 4.98 Å². The molecule has 1 saturated carbocycles. The Morgan fingerprint density at radius 2 is 2.21 bits per heavy atom. The van der Waals surface area contributed by atoms with E-state index in [1.165, 1.54) is 0 Å². The molecule has 1 aliphatic heterocycles. The molecule has 24 heavy (non-hydrogen) atoms. The second-order valence-electron chi connectivity index (χ2n) is 8.49. The summed E-state index contributed by atoms with van der Waals surface area (Å²) in [5.74, 6) is 1.46. The maximum atomic E-state index is 5.87. The molecular formula is C18H30N4OS. The zero-order valence-electron chi connectivity index (χ0n) is 15.6. The van der Waals surface area contributed by atoms with Crippen molar-refractivity contribution in [1.82, 2.24) is 15.6 Å². The summed E-state index contributed by atoms with van der Waals surface area (Å²) < 4.78 is 5.87. The first-order valence-electron chi connectivity index (χ1n) is 8.77. The van der Waals surface area contributed by atoms with E-state index in [1.54, 1.807) is 11.3 Å². The molecule has 5 nitrogen and oxygen atoms in total. The van der Waals surface area contributed by atoms with E-state index in [1.807, 2.05) is 7.05 Å². The topological polar surface area (TPSA) is 58.5 Å². The van der Waals surface area contributed by atoms with Gasteiger partial charge in [0.1, 0.15) is 5.01 Å². The quantitative estimate of drug-likeness (QED) is 0.650. The second kappa shape index (κ2) is 6.30. The van der Waals surface area contributed by atoms with Crippen molar-refractivity contribution < 1.29 is 4.74 Å². The van der Waals surface area contributed by atoms with Crippen LogP contribution in [0, 0.1) is 11.3 Å². The van der Waals surface area contributed by atoms with Crippen LogP contribution >= 0.6 is 11.3 Å². The largest absolute Gasteiger partial charge is 0.377 e.